The number of fused-ring (bicyclic) bond motifs is 3. The van der Waals surface area contributed by atoms with Crippen LogP contribution >= 0.6 is 0 Å². The van der Waals surface area contributed by atoms with Gasteiger partial charge in [0.2, 0.25) is 5.95 Å². The molecule has 1 aliphatic rings. The average molecular weight is 438 g/mol. The SMILES string of the molecule is CCCCCCCCn1c(=O)c2c(nc3n2CCCN3c2ccc(CC)cc2)n(C)c1=O. The van der Waals surface area contributed by atoms with Crippen molar-refractivity contribution in [1.29, 1.82) is 0 Å². The molecule has 1 aliphatic heterocycles. The van der Waals surface area contributed by atoms with Crippen LogP contribution in [0, 0.1) is 0 Å². The van der Waals surface area contributed by atoms with Crippen LogP contribution in [0.25, 0.3) is 11.2 Å². The molecule has 4 rings (SSSR count). The van der Waals surface area contributed by atoms with E-state index in [1.165, 1.54) is 34.0 Å². The van der Waals surface area contributed by atoms with Gasteiger partial charge >= 0.3 is 5.69 Å². The van der Waals surface area contributed by atoms with E-state index in [4.69, 9.17) is 4.98 Å². The van der Waals surface area contributed by atoms with Crippen molar-refractivity contribution in [3.63, 3.8) is 0 Å². The molecular formula is C25H35N5O2. The maximum atomic E-state index is 13.4. The van der Waals surface area contributed by atoms with Crippen LogP contribution in [-0.2, 0) is 26.6 Å². The molecule has 2 aromatic heterocycles. The van der Waals surface area contributed by atoms with Crippen LogP contribution in [0.15, 0.2) is 33.9 Å². The van der Waals surface area contributed by atoms with E-state index < -0.39 is 0 Å². The molecule has 0 bridgehead atoms. The Balaban J connectivity index is 1.69. The number of nitrogens with zero attached hydrogens (tertiary/aromatic N) is 5. The topological polar surface area (TPSA) is 65.1 Å². The van der Waals surface area contributed by atoms with Crippen molar-refractivity contribution in [3.8, 4) is 0 Å². The van der Waals surface area contributed by atoms with Gasteiger partial charge < -0.3 is 9.47 Å². The fourth-order valence-corrected chi connectivity index (χ4v) is 4.67. The van der Waals surface area contributed by atoms with Crippen molar-refractivity contribution in [2.24, 2.45) is 7.05 Å². The summed E-state index contributed by atoms with van der Waals surface area (Å²) in [5, 5.41) is 0. The first-order valence-corrected chi connectivity index (χ1v) is 12.1. The summed E-state index contributed by atoms with van der Waals surface area (Å²) >= 11 is 0. The molecule has 0 atom stereocenters. The predicted molar refractivity (Wildman–Crippen MR) is 130 cm³/mol. The van der Waals surface area contributed by atoms with E-state index in [1.807, 2.05) is 4.57 Å². The van der Waals surface area contributed by atoms with E-state index >= 15 is 0 Å². The van der Waals surface area contributed by atoms with E-state index in [-0.39, 0.29) is 11.2 Å². The summed E-state index contributed by atoms with van der Waals surface area (Å²) in [5.74, 6) is 0.750. The smallest absolute Gasteiger partial charge is 0.312 e. The lowest BCUT2D eigenvalue weighted by atomic mass is 10.1. The Morgan fingerprint density at radius 1 is 0.938 bits per heavy atom. The van der Waals surface area contributed by atoms with Gasteiger partial charge in [-0.1, -0.05) is 58.1 Å². The van der Waals surface area contributed by atoms with Gasteiger partial charge in [-0.3, -0.25) is 13.9 Å². The van der Waals surface area contributed by atoms with Crippen molar-refractivity contribution >= 4 is 22.8 Å². The highest BCUT2D eigenvalue weighted by Gasteiger charge is 2.26. The fourth-order valence-electron chi connectivity index (χ4n) is 4.67. The normalized spacial score (nSPS) is 13.7. The Hall–Kier alpha value is -2.83. The molecule has 0 saturated heterocycles. The van der Waals surface area contributed by atoms with Crippen LogP contribution in [0.4, 0.5) is 11.6 Å². The Labute approximate surface area is 189 Å². The molecule has 3 heterocycles. The van der Waals surface area contributed by atoms with Crippen LogP contribution in [0.1, 0.15) is 64.4 Å². The van der Waals surface area contributed by atoms with E-state index in [0.29, 0.717) is 17.7 Å². The van der Waals surface area contributed by atoms with Crippen molar-refractivity contribution in [1.82, 2.24) is 18.7 Å². The van der Waals surface area contributed by atoms with Gasteiger partial charge in [-0.05, 0) is 37.0 Å². The lowest BCUT2D eigenvalue weighted by molar-refractivity contribution is 0.524. The van der Waals surface area contributed by atoms with Gasteiger partial charge in [0, 0.05) is 32.4 Å². The summed E-state index contributed by atoms with van der Waals surface area (Å²) in [6.07, 6.45) is 8.64. The molecule has 0 fully saturated rings. The molecule has 32 heavy (non-hydrogen) atoms. The number of rotatable bonds is 9. The molecule has 0 amide bonds. The van der Waals surface area contributed by atoms with Crippen molar-refractivity contribution in [2.45, 2.75) is 78.3 Å². The van der Waals surface area contributed by atoms with Gasteiger partial charge in [-0.2, -0.15) is 4.98 Å². The van der Waals surface area contributed by atoms with Crippen molar-refractivity contribution in [3.05, 3.63) is 50.7 Å². The lowest BCUT2D eigenvalue weighted by Crippen LogP contribution is -2.40. The van der Waals surface area contributed by atoms with Gasteiger partial charge in [-0.25, -0.2) is 4.79 Å². The lowest BCUT2D eigenvalue weighted by Gasteiger charge is -2.29. The zero-order valence-corrected chi connectivity index (χ0v) is 19.6. The Kier molecular flexibility index (Phi) is 6.82. The molecule has 172 valence electrons. The van der Waals surface area contributed by atoms with Gasteiger partial charge in [0.1, 0.15) is 0 Å². The molecule has 0 N–H and O–H groups in total. The maximum absolute atomic E-state index is 13.4. The number of unbranched alkanes of at least 4 members (excludes halogenated alkanes) is 5. The second-order valence-corrected chi connectivity index (χ2v) is 8.83. The monoisotopic (exact) mass is 437 g/mol. The molecule has 1 aromatic carbocycles. The van der Waals surface area contributed by atoms with Crippen molar-refractivity contribution < 1.29 is 0 Å². The molecule has 7 nitrogen and oxygen atoms in total. The number of hydrogen-bond acceptors (Lipinski definition) is 4. The summed E-state index contributed by atoms with van der Waals surface area (Å²) in [5.41, 5.74) is 2.90. The fraction of sp³-hybridized carbons (Fsp3) is 0.560. The maximum Gasteiger partial charge on any atom is 0.332 e. The number of aromatic nitrogens is 4. The molecule has 0 spiro atoms. The zero-order chi connectivity index (χ0) is 22.7. The van der Waals surface area contributed by atoms with Gasteiger partial charge in [0.05, 0.1) is 0 Å². The predicted octanol–water partition coefficient (Wildman–Crippen LogP) is 4.36. The molecule has 0 aliphatic carbocycles. The van der Waals surface area contributed by atoms with E-state index in [0.717, 1.165) is 56.8 Å². The molecular weight excluding hydrogens is 402 g/mol. The summed E-state index contributed by atoms with van der Waals surface area (Å²) in [6, 6.07) is 8.51. The zero-order valence-electron chi connectivity index (χ0n) is 19.6. The van der Waals surface area contributed by atoms with E-state index in [2.05, 4.69) is 43.0 Å². The third-order valence-corrected chi connectivity index (χ3v) is 6.61. The highest BCUT2D eigenvalue weighted by atomic mass is 16.2. The highest BCUT2D eigenvalue weighted by Crippen LogP contribution is 2.31. The van der Waals surface area contributed by atoms with Gasteiger partial charge in [0.15, 0.2) is 11.2 Å². The van der Waals surface area contributed by atoms with Crippen LogP contribution < -0.4 is 16.1 Å². The second-order valence-electron chi connectivity index (χ2n) is 8.83. The third kappa shape index (κ3) is 4.12. The Morgan fingerprint density at radius 3 is 2.38 bits per heavy atom. The summed E-state index contributed by atoms with van der Waals surface area (Å²) < 4.78 is 4.95. The molecule has 0 saturated carbocycles. The minimum Gasteiger partial charge on any atom is -0.312 e. The number of benzene rings is 1. The summed E-state index contributed by atoms with van der Waals surface area (Å²) in [7, 11) is 1.72. The number of anilines is 2. The van der Waals surface area contributed by atoms with Crippen LogP contribution in [0.2, 0.25) is 0 Å². The first kappa shape index (κ1) is 22.4. The molecule has 0 unspecified atom stereocenters. The third-order valence-electron chi connectivity index (χ3n) is 6.61. The minimum absolute atomic E-state index is 0.210. The van der Waals surface area contributed by atoms with Crippen LogP contribution in [0.3, 0.4) is 0 Å². The number of hydrogen-bond donors (Lipinski definition) is 0. The van der Waals surface area contributed by atoms with Gasteiger partial charge in [0.25, 0.3) is 5.56 Å². The molecule has 3 aromatic rings. The Bertz CT molecular complexity index is 1190. The van der Waals surface area contributed by atoms with Crippen LogP contribution in [0.5, 0.6) is 0 Å². The first-order chi connectivity index (χ1) is 15.6. The largest absolute Gasteiger partial charge is 0.332 e. The summed E-state index contributed by atoms with van der Waals surface area (Å²) in [4.78, 5) is 33.3. The average Bonchev–Trinajstić information content (AvgIpc) is 3.22. The standard InChI is InChI=1S/C25H35N5O2/c1-4-6-7-8-9-10-16-30-23(31)21-22(27(3)25(30)32)26-24-28(17-11-18-29(21)24)20-14-12-19(5-2)13-15-20/h12-15H,4-11,16-18H2,1-3H3. The summed E-state index contributed by atoms with van der Waals surface area (Å²) in [6.45, 7) is 6.39. The first-order valence-electron chi connectivity index (χ1n) is 12.1. The second kappa shape index (κ2) is 9.76. The van der Waals surface area contributed by atoms with E-state index in [1.54, 1.807) is 7.05 Å². The minimum atomic E-state index is -0.273. The van der Waals surface area contributed by atoms with Gasteiger partial charge in [-0.15, -0.1) is 0 Å². The van der Waals surface area contributed by atoms with E-state index in [9.17, 15) is 9.59 Å². The molecule has 7 heteroatoms. The van der Waals surface area contributed by atoms with Crippen LogP contribution in [-0.4, -0.2) is 25.2 Å². The number of imidazole rings is 1. The number of aryl methyl sites for hydroxylation is 3. The Morgan fingerprint density at radius 2 is 1.66 bits per heavy atom. The molecule has 0 radical (unpaired) electrons. The quantitative estimate of drug-likeness (QED) is 0.467. The highest BCUT2D eigenvalue weighted by molar-refractivity contribution is 5.77. The van der Waals surface area contributed by atoms with Crippen molar-refractivity contribution in [2.75, 3.05) is 11.4 Å².